The van der Waals surface area contributed by atoms with Crippen LogP contribution in [0.15, 0.2) is 24.3 Å². The van der Waals surface area contributed by atoms with Crippen molar-refractivity contribution in [3.63, 3.8) is 0 Å². The number of benzene rings is 2. The molecule has 2 nitrogen and oxygen atoms in total. The van der Waals surface area contributed by atoms with Crippen LogP contribution < -0.4 is 20.1 Å². The Morgan fingerprint density at radius 2 is 0.833 bits per heavy atom. The standard InChI is InChI=1S/2C9H13OP.ClH.Co/c2*1-6-4-8(11)5-7(2)9(6)10-3;;/h2*4-5H,11H2,1-3H3;1H;. The first-order chi connectivity index (χ1) is 10.3. The fourth-order valence-electron chi connectivity index (χ4n) is 2.61. The Kier molecular flexibility index (Phi) is 13.1. The Morgan fingerprint density at radius 3 is 1.00 bits per heavy atom. The van der Waals surface area contributed by atoms with Crippen LogP contribution in [0.1, 0.15) is 22.3 Å². The Morgan fingerprint density at radius 1 is 0.625 bits per heavy atom. The number of halogens is 1. The third-order valence-corrected chi connectivity index (χ3v) is 4.04. The topological polar surface area (TPSA) is 18.5 Å². The second kappa shape index (κ2) is 12.1. The minimum Gasteiger partial charge on any atom is -0.496 e. The molecule has 0 saturated carbocycles. The molecule has 2 rings (SSSR count). The Labute approximate surface area is 167 Å². The molecule has 0 bridgehead atoms. The van der Waals surface area contributed by atoms with Crippen molar-refractivity contribution in [2.45, 2.75) is 27.7 Å². The monoisotopic (exact) mass is 431 g/mol. The van der Waals surface area contributed by atoms with E-state index in [2.05, 4.69) is 70.4 Å². The maximum atomic E-state index is 5.22. The molecule has 6 heteroatoms. The van der Waals surface area contributed by atoms with Gasteiger partial charge in [-0.05, 0) is 84.8 Å². The van der Waals surface area contributed by atoms with E-state index >= 15 is 0 Å². The quantitative estimate of drug-likeness (QED) is 0.668. The Balaban J connectivity index is 0. The van der Waals surface area contributed by atoms with E-state index in [0.717, 1.165) is 11.5 Å². The van der Waals surface area contributed by atoms with Crippen molar-refractivity contribution < 1.29 is 26.3 Å². The first-order valence-electron chi connectivity index (χ1n) is 7.11. The predicted octanol–water partition coefficient (Wildman–Crippen LogP) is 4.04. The van der Waals surface area contributed by atoms with Crippen molar-refractivity contribution in [3.05, 3.63) is 46.5 Å². The zero-order chi connectivity index (χ0) is 16.9. The van der Waals surface area contributed by atoms with Crippen molar-refractivity contribution in [2.75, 3.05) is 14.2 Å². The van der Waals surface area contributed by atoms with Gasteiger partial charge in [0.25, 0.3) is 0 Å². The summed E-state index contributed by atoms with van der Waals surface area (Å²) in [5.41, 5.74) is 4.77. The zero-order valence-electron chi connectivity index (χ0n) is 15.0. The van der Waals surface area contributed by atoms with Crippen molar-refractivity contribution in [2.24, 2.45) is 0 Å². The Bertz CT molecular complexity index is 560. The number of hydrogen-bond donors (Lipinski definition) is 0. The van der Waals surface area contributed by atoms with E-state index in [1.165, 1.54) is 32.9 Å². The van der Waals surface area contributed by atoms with Gasteiger partial charge in [0.15, 0.2) is 0 Å². The van der Waals surface area contributed by atoms with Crippen LogP contribution in [0.3, 0.4) is 0 Å². The molecule has 0 spiro atoms. The molecule has 0 aliphatic carbocycles. The zero-order valence-corrected chi connectivity index (χ0v) is 19.2. The molecule has 2 aromatic rings. The number of aryl methyl sites for hydroxylation is 4. The van der Waals surface area contributed by atoms with Gasteiger partial charge < -0.3 is 9.47 Å². The largest absolute Gasteiger partial charge is 0.496 e. The minimum absolute atomic E-state index is 0. The van der Waals surface area contributed by atoms with E-state index in [9.17, 15) is 0 Å². The third-order valence-electron chi connectivity index (χ3n) is 3.37. The molecule has 2 unspecified atom stereocenters. The molecular formula is C18H27ClCoO2P2. The second-order valence-corrected chi connectivity index (χ2v) is 6.71. The van der Waals surface area contributed by atoms with Gasteiger partial charge in [0.2, 0.25) is 0 Å². The number of methoxy groups -OCH3 is 2. The van der Waals surface area contributed by atoms with Crippen LogP contribution in [0.2, 0.25) is 0 Å². The summed E-state index contributed by atoms with van der Waals surface area (Å²) in [6, 6.07) is 8.38. The molecule has 2 aromatic carbocycles. The van der Waals surface area contributed by atoms with Gasteiger partial charge in [-0.1, -0.05) is 0 Å². The molecule has 1 radical (unpaired) electrons. The van der Waals surface area contributed by atoms with E-state index in [4.69, 9.17) is 9.47 Å². The SMILES string of the molecule is COc1c(C)cc(P)cc1C.COc1c(C)cc(P)cc1C.Cl.[Co]. The van der Waals surface area contributed by atoms with Crippen LogP contribution in [-0.2, 0) is 16.8 Å². The molecular weight excluding hydrogens is 405 g/mol. The number of ether oxygens (including phenoxy) is 2. The maximum Gasteiger partial charge on any atom is 0.124 e. The van der Waals surface area contributed by atoms with Gasteiger partial charge in [-0.15, -0.1) is 30.9 Å². The van der Waals surface area contributed by atoms with E-state index in [-0.39, 0.29) is 29.2 Å². The van der Waals surface area contributed by atoms with E-state index in [1.807, 2.05) is 0 Å². The van der Waals surface area contributed by atoms with Crippen molar-refractivity contribution in [3.8, 4) is 11.5 Å². The van der Waals surface area contributed by atoms with Crippen LogP contribution in [0.4, 0.5) is 0 Å². The van der Waals surface area contributed by atoms with Gasteiger partial charge in [0.1, 0.15) is 11.5 Å². The molecule has 24 heavy (non-hydrogen) atoms. The molecule has 0 aromatic heterocycles. The molecule has 0 saturated heterocycles. The van der Waals surface area contributed by atoms with E-state index in [1.54, 1.807) is 14.2 Å². The first kappa shape index (κ1) is 25.9. The summed E-state index contributed by atoms with van der Waals surface area (Å²) in [5.74, 6) is 1.99. The summed E-state index contributed by atoms with van der Waals surface area (Å²) < 4.78 is 10.4. The summed E-state index contributed by atoms with van der Waals surface area (Å²) in [4.78, 5) is 0. The first-order valence-corrected chi connectivity index (χ1v) is 8.27. The summed E-state index contributed by atoms with van der Waals surface area (Å²) in [6.07, 6.45) is 0. The fourth-order valence-corrected chi connectivity index (χ4v) is 3.61. The van der Waals surface area contributed by atoms with Crippen molar-refractivity contribution in [1.29, 1.82) is 0 Å². The third kappa shape index (κ3) is 7.29. The van der Waals surface area contributed by atoms with Gasteiger partial charge >= 0.3 is 0 Å². The molecule has 0 aliphatic heterocycles. The molecule has 0 amide bonds. The minimum atomic E-state index is 0. The van der Waals surface area contributed by atoms with Gasteiger partial charge in [0, 0.05) is 16.8 Å². The van der Waals surface area contributed by atoms with Crippen molar-refractivity contribution >= 4 is 41.5 Å². The molecule has 0 fully saturated rings. The van der Waals surface area contributed by atoms with Gasteiger partial charge in [0.05, 0.1) is 14.2 Å². The fraction of sp³-hybridized carbons (Fsp3) is 0.333. The van der Waals surface area contributed by atoms with Crippen molar-refractivity contribution in [1.82, 2.24) is 0 Å². The van der Waals surface area contributed by atoms with Gasteiger partial charge in [-0.2, -0.15) is 0 Å². The number of rotatable bonds is 2. The average Bonchev–Trinajstić information content (AvgIpc) is 2.38. The van der Waals surface area contributed by atoms with E-state index in [0.29, 0.717) is 0 Å². The van der Waals surface area contributed by atoms with Crippen LogP contribution in [0.25, 0.3) is 0 Å². The molecule has 0 aliphatic rings. The molecule has 0 heterocycles. The maximum absolute atomic E-state index is 5.22. The summed E-state index contributed by atoms with van der Waals surface area (Å²) in [7, 11) is 8.78. The normalized spacial score (nSPS) is 9.00. The second-order valence-electron chi connectivity index (χ2n) is 5.38. The Hall–Kier alpha value is -0.304. The summed E-state index contributed by atoms with van der Waals surface area (Å²) >= 11 is 0. The van der Waals surface area contributed by atoms with Crippen LogP contribution >= 0.6 is 30.9 Å². The average molecular weight is 432 g/mol. The van der Waals surface area contributed by atoms with Crippen LogP contribution in [-0.4, -0.2) is 14.2 Å². The molecule has 2 atom stereocenters. The summed E-state index contributed by atoms with van der Waals surface area (Å²) in [5, 5.41) is 2.42. The summed E-state index contributed by atoms with van der Waals surface area (Å²) in [6.45, 7) is 8.22. The van der Waals surface area contributed by atoms with Crippen LogP contribution in [0.5, 0.6) is 11.5 Å². The smallest absolute Gasteiger partial charge is 0.124 e. The van der Waals surface area contributed by atoms with Gasteiger partial charge in [-0.25, -0.2) is 0 Å². The predicted molar refractivity (Wildman–Crippen MR) is 111 cm³/mol. The number of hydrogen-bond acceptors (Lipinski definition) is 2. The molecule has 137 valence electrons. The van der Waals surface area contributed by atoms with E-state index < -0.39 is 0 Å². The van der Waals surface area contributed by atoms with Crippen LogP contribution in [0, 0.1) is 27.7 Å². The molecule has 0 N–H and O–H groups in total. The van der Waals surface area contributed by atoms with Gasteiger partial charge in [-0.3, -0.25) is 0 Å².